The van der Waals surface area contributed by atoms with E-state index in [0.29, 0.717) is 24.2 Å². The number of sulfonamides is 1. The molecule has 2 aromatic rings. The molecular weight excluding hydrogens is 336 g/mol. The van der Waals surface area contributed by atoms with E-state index < -0.39 is 10.0 Å². The summed E-state index contributed by atoms with van der Waals surface area (Å²) in [6.07, 6.45) is 0.600. The normalized spacial score (nSPS) is 13.8. The quantitative estimate of drug-likeness (QED) is 0.914. The monoisotopic (exact) mass is 358 g/mol. The molecule has 1 aliphatic rings. The summed E-state index contributed by atoms with van der Waals surface area (Å²) in [5.41, 5.74) is 3.11. The zero-order chi connectivity index (χ0) is 18.2. The van der Waals surface area contributed by atoms with Crippen molar-refractivity contribution in [2.24, 2.45) is 0 Å². The zero-order valence-corrected chi connectivity index (χ0v) is 15.4. The van der Waals surface area contributed by atoms with Crippen LogP contribution in [-0.4, -0.2) is 26.9 Å². The highest BCUT2D eigenvalue weighted by Gasteiger charge is 2.31. The first-order valence-corrected chi connectivity index (χ1v) is 9.76. The van der Waals surface area contributed by atoms with Gasteiger partial charge in [-0.05, 0) is 63.1 Å². The van der Waals surface area contributed by atoms with Crippen LogP contribution in [0.1, 0.15) is 35.3 Å². The van der Waals surface area contributed by atoms with Crippen molar-refractivity contribution in [1.82, 2.24) is 5.32 Å². The Kier molecular flexibility index (Phi) is 4.56. The van der Waals surface area contributed by atoms with Crippen LogP contribution in [0.5, 0.6) is 0 Å². The van der Waals surface area contributed by atoms with Gasteiger partial charge < -0.3 is 5.32 Å². The molecule has 1 heterocycles. The Hall–Kier alpha value is -2.34. The van der Waals surface area contributed by atoms with Crippen LogP contribution in [0.15, 0.2) is 47.4 Å². The largest absolute Gasteiger partial charge is 0.350 e. The van der Waals surface area contributed by atoms with Crippen molar-refractivity contribution in [2.75, 3.05) is 10.8 Å². The molecule has 0 aromatic heterocycles. The fraction of sp³-hybridized carbons (Fsp3) is 0.316. The number of hydrogen-bond acceptors (Lipinski definition) is 3. The summed E-state index contributed by atoms with van der Waals surface area (Å²) in [7, 11) is -3.59. The van der Waals surface area contributed by atoms with E-state index in [4.69, 9.17) is 0 Å². The number of rotatable bonds is 4. The lowest BCUT2D eigenvalue weighted by Gasteiger charge is -2.20. The number of nitrogens with one attached hydrogen (secondary N) is 1. The number of fused-ring (bicyclic) bond motifs is 1. The molecule has 0 saturated carbocycles. The number of carbonyl (C=O) groups excluding carboxylic acids is 1. The SMILES string of the molecule is Cc1ccc(S(=O)(=O)N2CCc3cc(C(=O)NC(C)C)ccc32)cc1. The smallest absolute Gasteiger partial charge is 0.264 e. The Balaban J connectivity index is 1.92. The zero-order valence-electron chi connectivity index (χ0n) is 14.6. The van der Waals surface area contributed by atoms with Crippen LogP contribution in [0, 0.1) is 6.92 Å². The molecule has 0 bridgehead atoms. The van der Waals surface area contributed by atoms with E-state index in [1.54, 1.807) is 42.5 Å². The molecule has 0 spiro atoms. The first-order chi connectivity index (χ1) is 11.8. The Morgan fingerprint density at radius 1 is 1.12 bits per heavy atom. The highest BCUT2D eigenvalue weighted by atomic mass is 32.2. The lowest BCUT2D eigenvalue weighted by molar-refractivity contribution is 0.0943. The van der Waals surface area contributed by atoms with Gasteiger partial charge >= 0.3 is 0 Å². The minimum atomic E-state index is -3.59. The lowest BCUT2D eigenvalue weighted by atomic mass is 10.1. The fourth-order valence-electron chi connectivity index (χ4n) is 2.95. The average Bonchev–Trinajstić information content (AvgIpc) is 2.98. The number of carbonyl (C=O) groups is 1. The number of amides is 1. The molecule has 1 aliphatic heterocycles. The molecule has 25 heavy (non-hydrogen) atoms. The van der Waals surface area contributed by atoms with E-state index in [1.807, 2.05) is 20.8 Å². The molecule has 2 aromatic carbocycles. The summed E-state index contributed by atoms with van der Waals surface area (Å²) in [5, 5.41) is 2.85. The van der Waals surface area contributed by atoms with Crippen molar-refractivity contribution >= 4 is 21.6 Å². The maximum atomic E-state index is 12.9. The van der Waals surface area contributed by atoms with Gasteiger partial charge in [-0.25, -0.2) is 8.42 Å². The fourth-order valence-corrected chi connectivity index (χ4v) is 4.45. The second-order valence-corrected chi connectivity index (χ2v) is 8.47. The summed E-state index contributed by atoms with van der Waals surface area (Å²) in [4.78, 5) is 12.4. The predicted molar refractivity (Wildman–Crippen MR) is 98.5 cm³/mol. The van der Waals surface area contributed by atoms with Crippen molar-refractivity contribution < 1.29 is 13.2 Å². The minimum absolute atomic E-state index is 0.0548. The summed E-state index contributed by atoms with van der Waals surface area (Å²) >= 11 is 0. The summed E-state index contributed by atoms with van der Waals surface area (Å²) in [5.74, 6) is -0.141. The Bertz CT molecular complexity index is 903. The molecule has 0 unspecified atom stereocenters. The molecule has 1 N–H and O–H groups in total. The van der Waals surface area contributed by atoms with Crippen molar-refractivity contribution in [3.8, 4) is 0 Å². The van der Waals surface area contributed by atoms with Crippen molar-refractivity contribution in [3.05, 3.63) is 59.2 Å². The van der Waals surface area contributed by atoms with Crippen LogP contribution in [0.3, 0.4) is 0 Å². The minimum Gasteiger partial charge on any atom is -0.350 e. The van der Waals surface area contributed by atoms with Crippen LogP contribution in [0.25, 0.3) is 0 Å². The molecule has 0 fully saturated rings. The van der Waals surface area contributed by atoms with E-state index in [0.717, 1.165) is 11.1 Å². The van der Waals surface area contributed by atoms with Crippen molar-refractivity contribution in [1.29, 1.82) is 0 Å². The van der Waals surface area contributed by atoms with Gasteiger partial charge in [-0.1, -0.05) is 17.7 Å². The summed E-state index contributed by atoms with van der Waals surface area (Å²) in [6, 6.07) is 12.1. The van der Waals surface area contributed by atoms with Gasteiger partial charge in [-0.3, -0.25) is 9.10 Å². The van der Waals surface area contributed by atoms with E-state index in [2.05, 4.69) is 5.32 Å². The molecular formula is C19H22N2O3S. The van der Waals surface area contributed by atoms with E-state index in [9.17, 15) is 13.2 Å². The molecule has 0 atom stereocenters. The van der Waals surface area contributed by atoms with Gasteiger partial charge in [0, 0.05) is 18.2 Å². The molecule has 1 amide bonds. The molecule has 0 aliphatic carbocycles. The maximum absolute atomic E-state index is 12.9. The molecule has 6 heteroatoms. The molecule has 132 valence electrons. The van der Waals surface area contributed by atoms with Gasteiger partial charge in [-0.2, -0.15) is 0 Å². The van der Waals surface area contributed by atoms with Crippen LogP contribution in [0.2, 0.25) is 0 Å². The highest BCUT2D eigenvalue weighted by molar-refractivity contribution is 7.92. The number of aryl methyl sites for hydroxylation is 1. The van der Waals surface area contributed by atoms with Crippen LogP contribution in [-0.2, 0) is 16.4 Å². The standard InChI is InChI=1S/C19H22N2O3S/c1-13(2)20-19(22)16-6-9-18-15(12-16)10-11-21(18)25(23,24)17-7-4-14(3)5-8-17/h4-9,12-13H,10-11H2,1-3H3,(H,20,22). The second-order valence-electron chi connectivity index (χ2n) is 6.61. The van der Waals surface area contributed by atoms with Gasteiger partial charge in [0.05, 0.1) is 10.6 Å². The van der Waals surface area contributed by atoms with Crippen LogP contribution >= 0.6 is 0 Å². The van der Waals surface area contributed by atoms with E-state index in [-0.39, 0.29) is 16.8 Å². The molecule has 0 radical (unpaired) electrons. The van der Waals surface area contributed by atoms with Gasteiger partial charge in [0.2, 0.25) is 0 Å². The van der Waals surface area contributed by atoms with Crippen LogP contribution < -0.4 is 9.62 Å². The average molecular weight is 358 g/mol. The Labute approximate surface area is 148 Å². The number of anilines is 1. The van der Waals surface area contributed by atoms with Crippen molar-refractivity contribution in [3.63, 3.8) is 0 Å². The first-order valence-electron chi connectivity index (χ1n) is 8.32. The third-order valence-corrected chi connectivity index (χ3v) is 6.05. The van der Waals surface area contributed by atoms with Gasteiger partial charge in [0.25, 0.3) is 15.9 Å². The van der Waals surface area contributed by atoms with Crippen molar-refractivity contribution in [2.45, 2.75) is 38.1 Å². The molecule has 0 saturated heterocycles. The maximum Gasteiger partial charge on any atom is 0.264 e. The summed E-state index contributed by atoms with van der Waals surface area (Å²) < 4.78 is 27.3. The van der Waals surface area contributed by atoms with Gasteiger partial charge in [0.1, 0.15) is 0 Å². The van der Waals surface area contributed by atoms with E-state index in [1.165, 1.54) is 4.31 Å². The highest BCUT2D eigenvalue weighted by Crippen LogP contribution is 2.33. The van der Waals surface area contributed by atoms with E-state index >= 15 is 0 Å². The van der Waals surface area contributed by atoms with Crippen LogP contribution in [0.4, 0.5) is 5.69 Å². The lowest BCUT2D eigenvalue weighted by Crippen LogP contribution is -2.30. The molecule has 5 nitrogen and oxygen atoms in total. The second kappa shape index (κ2) is 6.52. The predicted octanol–water partition coefficient (Wildman–Crippen LogP) is 2.88. The number of benzene rings is 2. The summed E-state index contributed by atoms with van der Waals surface area (Å²) in [6.45, 7) is 6.12. The Morgan fingerprint density at radius 2 is 1.80 bits per heavy atom. The first kappa shape index (κ1) is 17.5. The molecule has 3 rings (SSSR count). The third kappa shape index (κ3) is 3.39. The number of nitrogens with zero attached hydrogens (tertiary/aromatic N) is 1. The van der Waals surface area contributed by atoms with Gasteiger partial charge in [-0.15, -0.1) is 0 Å². The Morgan fingerprint density at radius 3 is 2.44 bits per heavy atom. The van der Waals surface area contributed by atoms with Gasteiger partial charge in [0.15, 0.2) is 0 Å². The topological polar surface area (TPSA) is 66.5 Å². The number of hydrogen-bond donors (Lipinski definition) is 1. The third-order valence-electron chi connectivity index (χ3n) is 4.22.